The van der Waals surface area contributed by atoms with E-state index in [0.29, 0.717) is 18.0 Å². The van der Waals surface area contributed by atoms with Crippen LogP contribution in [0.15, 0.2) is 57.4 Å². The molecule has 7 nitrogen and oxygen atoms in total. The van der Waals surface area contributed by atoms with Gasteiger partial charge in [0, 0.05) is 5.38 Å². The van der Waals surface area contributed by atoms with E-state index < -0.39 is 10.0 Å². The molecule has 2 heterocycles. The van der Waals surface area contributed by atoms with Crippen LogP contribution in [0.25, 0.3) is 0 Å². The Hall–Kier alpha value is -2.65. The number of rotatable bonds is 7. The standard InChI is InChI=1S/C17H17N3O4S2/c1-12-4-6-15(7-5-12)26(22,23)20-17-19-13(11-25-17)9-16(21)18-10-14-3-2-8-24-14/h2-8,11H,9-10H2,1H3,(H,18,21)(H,19,20). The molecular formula is C17H17N3O4S2. The maximum Gasteiger partial charge on any atom is 0.263 e. The third-order valence-corrected chi connectivity index (χ3v) is 5.78. The maximum absolute atomic E-state index is 12.3. The molecule has 0 saturated heterocycles. The number of carbonyl (C=O) groups excluding carboxylic acids is 1. The Balaban J connectivity index is 1.58. The predicted molar refractivity (Wildman–Crippen MR) is 98.4 cm³/mol. The molecule has 0 aliphatic carbocycles. The molecule has 0 saturated carbocycles. The Morgan fingerprint density at radius 3 is 2.69 bits per heavy atom. The van der Waals surface area contributed by atoms with E-state index in [-0.39, 0.29) is 22.4 Å². The van der Waals surface area contributed by atoms with Crippen molar-refractivity contribution < 1.29 is 17.6 Å². The first-order chi connectivity index (χ1) is 12.4. The minimum Gasteiger partial charge on any atom is -0.467 e. The highest BCUT2D eigenvalue weighted by atomic mass is 32.2. The van der Waals surface area contributed by atoms with E-state index in [1.807, 2.05) is 6.92 Å². The number of anilines is 1. The summed E-state index contributed by atoms with van der Waals surface area (Å²) in [5.41, 5.74) is 1.47. The highest BCUT2D eigenvalue weighted by molar-refractivity contribution is 7.93. The van der Waals surface area contributed by atoms with Crippen molar-refractivity contribution in [2.75, 3.05) is 4.72 Å². The summed E-state index contributed by atoms with van der Waals surface area (Å²) < 4.78 is 32.3. The minimum absolute atomic E-state index is 0.0590. The highest BCUT2D eigenvalue weighted by Crippen LogP contribution is 2.20. The Morgan fingerprint density at radius 1 is 1.23 bits per heavy atom. The van der Waals surface area contributed by atoms with Gasteiger partial charge in [-0.15, -0.1) is 11.3 Å². The number of hydrogen-bond donors (Lipinski definition) is 2. The van der Waals surface area contributed by atoms with Crippen LogP contribution < -0.4 is 10.0 Å². The van der Waals surface area contributed by atoms with Crippen LogP contribution in [0.1, 0.15) is 17.0 Å². The molecule has 0 bridgehead atoms. The normalized spacial score (nSPS) is 11.3. The Bertz CT molecular complexity index is 977. The van der Waals surface area contributed by atoms with Gasteiger partial charge in [0.05, 0.1) is 29.8 Å². The van der Waals surface area contributed by atoms with Crippen molar-refractivity contribution in [3.05, 3.63) is 65.1 Å². The second kappa shape index (κ2) is 7.71. The first kappa shape index (κ1) is 18.2. The van der Waals surface area contributed by atoms with Crippen molar-refractivity contribution in [2.24, 2.45) is 0 Å². The Morgan fingerprint density at radius 2 is 2.00 bits per heavy atom. The van der Waals surface area contributed by atoms with Crippen LogP contribution in [-0.4, -0.2) is 19.3 Å². The molecule has 26 heavy (non-hydrogen) atoms. The van der Waals surface area contributed by atoms with E-state index in [2.05, 4.69) is 15.0 Å². The molecule has 1 aromatic carbocycles. The lowest BCUT2D eigenvalue weighted by Crippen LogP contribution is -2.24. The van der Waals surface area contributed by atoms with Gasteiger partial charge in [0.1, 0.15) is 5.76 Å². The molecule has 0 radical (unpaired) electrons. The number of nitrogens with one attached hydrogen (secondary N) is 2. The fraction of sp³-hybridized carbons (Fsp3) is 0.176. The second-order valence-corrected chi connectivity index (χ2v) is 8.14. The van der Waals surface area contributed by atoms with Crippen molar-refractivity contribution in [3.8, 4) is 0 Å². The van der Waals surface area contributed by atoms with E-state index in [0.717, 1.165) is 16.9 Å². The minimum atomic E-state index is -3.70. The summed E-state index contributed by atoms with van der Waals surface area (Å²) in [5, 5.41) is 4.59. The zero-order chi connectivity index (χ0) is 18.6. The number of aryl methyl sites for hydroxylation is 1. The number of aromatic nitrogens is 1. The van der Waals surface area contributed by atoms with Crippen LogP contribution in [0.3, 0.4) is 0 Å². The maximum atomic E-state index is 12.3. The first-order valence-electron chi connectivity index (χ1n) is 7.75. The summed E-state index contributed by atoms with van der Waals surface area (Å²) in [4.78, 5) is 16.3. The summed E-state index contributed by atoms with van der Waals surface area (Å²) in [6.07, 6.45) is 1.60. The Kier molecular flexibility index (Phi) is 5.38. The molecule has 136 valence electrons. The fourth-order valence-electron chi connectivity index (χ4n) is 2.15. The van der Waals surface area contributed by atoms with Crippen LogP contribution in [0.2, 0.25) is 0 Å². The lowest BCUT2D eigenvalue weighted by molar-refractivity contribution is -0.120. The monoisotopic (exact) mass is 391 g/mol. The molecule has 0 unspecified atom stereocenters. The molecule has 3 aromatic rings. The van der Waals surface area contributed by atoms with Gasteiger partial charge >= 0.3 is 0 Å². The van der Waals surface area contributed by atoms with Gasteiger partial charge in [-0.3, -0.25) is 9.52 Å². The number of benzene rings is 1. The number of thiazole rings is 1. The average Bonchev–Trinajstić information content (AvgIpc) is 3.25. The van der Waals surface area contributed by atoms with E-state index in [9.17, 15) is 13.2 Å². The van der Waals surface area contributed by atoms with Crippen LogP contribution >= 0.6 is 11.3 Å². The predicted octanol–water partition coefficient (Wildman–Crippen LogP) is 2.70. The van der Waals surface area contributed by atoms with Crippen molar-refractivity contribution in [1.29, 1.82) is 0 Å². The van der Waals surface area contributed by atoms with Gasteiger partial charge in [0.2, 0.25) is 5.91 Å². The van der Waals surface area contributed by atoms with Gasteiger partial charge in [-0.05, 0) is 31.2 Å². The lowest BCUT2D eigenvalue weighted by atomic mass is 10.2. The van der Waals surface area contributed by atoms with E-state index in [1.54, 1.807) is 29.6 Å². The number of furan rings is 1. The van der Waals surface area contributed by atoms with Crippen molar-refractivity contribution in [2.45, 2.75) is 24.8 Å². The molecule has 0 aliphatic rings. The van der Waals surface area contributed by atoms with Crippen molar-refractivity contribution in [3.63, 3.8) is 0 Å². The second-order valence-electron chi connectivity index (χ2n) is 5.60. The van der Waals surface area contributed by atoms with Gasteiger partial charge in [0.15, 0.2) is 5.13 Å². The summed E-state index contributed by atoms with van der Waals surface area (Å²) in [6, 6.07) is 10.0. The van der Waals surface area contributed by atoms with Gasteiger partial charge < -0.3 is 9.73 Å². The van der Waals surface area contributed by atoms with Crippen LogP contribution in [-0.2, 0) is 27.8 Å². The summed E-state index contributed by atoms with van der Waals surface area (Å²) in [6.45, 7) is 2.18. The van der Waals surface area contributed by atoms with E-state index in [1.165, 1.54) is 18.4 Å². The van der Waals surface area contributed by atoms with Gasteiger partial charge in [0.25, 0.3) is 10.0 Å². The molecule has 0 aliphatic heterocycles. The molecule has 2 N–H and O–H groups in total. The zero-order valence-corrected chi connectivity index (χ0v) is 15.6. The number of amides is 1. The van der Waals surface area contributed by atoms with Crippen molar-refractivity contribution in [1.82, 2.24) is 10.3 Å². The largest absolute Gasteiger partial charge is 0.467 e. The molecule has 0 fully saturated rings. The zero-order valence-electron chi connectivity index (χ0n) is 13.9. The van der Waals surface area contributed by atoms with Crippen LogP contribution in [0.5, 0.6) is 0 Å². The Labute approximate surface area is 155 Å². The average molecular weight is 391 g/mol. The molecule has 0 atom stereocenters. The number of carbonyl (C=O) groups is 1. The van der Waals surface area contributed by atoms with E-state index in [4.69, 9.17) is 4.42 Å². The SMILES string of the molecule is Cc1ccc(S(=O)(=O)Nc2nc(CC(=O)NCc3ccco3)cs2)cc1. The summed E-state index contributed by atoms with van der Waals surface area (Å²) >= 11 is 1.13. The van der Waals surface area contributed by atoms with E-state index >= 15 is 0 Å². The first-order valence-corrected chi connectivity index (χ1v) is 10.1. The van der Waals surface area contributed by atoms with Gasteiger partial charge in [-0.1, -0.05) is 17.7 Å². The number of sulfonamides is 1. The topological polar surface area (TPSA) is 101 Å². The molecule has 9 heteroatoms. The smallest absolute Gasteiger partial charge is 0.263 e. The number of hydrogen-bond acceptors (Lipinski definition) is 6. The third-order valence-electron chi connectivity index (χ3n) is 3.49. The lowest BCUT2D eigenvalue weighted by Gasteiger charge is -2.05. The summed E-state index contributed by atoms with van der Waals surface area (Å²) in [5.74, 6) is 0.433. The molecule has 3 rings (SSSR count). The van der Waals surface area contributed by atoms with Crippen LogP contribution in [0.4, 0.5) is 5.13 Å². The molecule has 0 spiro atoms. The highest BCUT2D eigenvalue weighted by Gasteiger charge is 2.16. The van der Waals surface area contributed by atoms with Gasteiger partial charge in [-0.2, -0.15) is 0 Å². The fourth-order valence-corrected chi connectivity index (χ4v) is 4.12. The summed E-state index contributed by atoms with van der Waals surface area (Å²) in [7, 11) is -3.70. The number of nitrogens with zero attached hydrogens (tertiary/aromatic N) is 1. The van der Waals surface area contributed by atoms with Crippen LogP contribution in [0, 0.1) is 6.92 Å². The third kappa shape index (κ3) is 4.70. The van der Waals surface area contributed by atoms with Gasteiger partial charge in [-0.25, -0.2) is 13.4 Å². The molecular weight excluding hydrogens is 374 g/mol. The quantitative estimate of drug-likeness (QED) is 0.645. The van der Waals surface area contributed by atoms with Crippen molar-refractivity contribution >= 4 is 32.4 Å². The molecule has 2 aromatic heterocycles. The molecule has 1 amide bonds.